The van der Waals surface area contributed by atoms with Gasteiger partial charge >= 0.3 is 7.37 Å². The van der Waals surface area contributed by atoms with E-state index in [1.165, 1.54) is 11.9 Å². The lowest BCUT2D eigenvalue weighted by atomic mass is 10.8. The summed E-state index contributed by atoms with van der Waals surface area (Å²) >= 11 is 0. The quantitative estimate of drug-likeness (QED) is 0.447. The molecule has 0 radical (unpaired) electrons. The minimum absolute atomic E-state index is 0.122. The first kappa shape index (κ1) is 7.42. The van der Waals surface area contributed by atoms with E-state index in [0.717, 1.165) is 0 Å². The Bertz CT molecular complexity index is 169. The molecule has 1 atom stereocenters. The molecule has 3 nitrogen and oxygen atoms in total. The molecule has 4 heteroatoms. The van der Waals surface area contributed by atoms with Crippen LogP contribution in [0.3, 0.4) is 0 Å². The summed E-state index contributed by atoms with van der Waals surface area (Å²) in [4.78, 5) is 8.45. The molecule has 0 fully saturated rings. The van der Waals surface area contributed by atoms with Gasteiger partial charge < -0.3 is 4.89 Å². The van der Waals surface area contributed by atoms with Crippen molar-refractivity contribution in [3.63, 3.8) is 0 Å². The Kier molecular flexibility index (Phi) is 2.47. The van der Waals surface area contributed by atoms with Gasteiger partial charge in [-0.15, -0.1) is 6.58 Å². The monoisotopic (exact) mass is 131 g/mol. The molecule has 44 valence electrons. The highest BCUT2D eigenvalue weighted by molar-refractivity contribution is 7.63. The van der Waals surface area contributed by atoms with Crippen molar-refractivity contribution in [1.29, 1.82) is 5.26 Å². The summed E-state index contributed by atoms with van der Waals surface area (Å²) < 4.78 is 10.3. The average molecular weight is 131 g/mol. The van der Waals surface area contributed by atoms with Crippen LogP contribution < -0.4 is 0 Å². The predicted octanol–water partition coefficient (Wildman–Crippen LogP) is 0.924. The van der Waals surface area contributed by atoms with E-state index < -0.39 is 7.37 Å². The van der Waals surface area contributed by atoms with Crippen molar-refractivity contribution in [3.8, 4) is 5.81 Å². The van der Waals surface area contributed by atoms with Crippen molar-refractivity contribution >= 4 is 7.37 Å². The van der Waals surface area contributed by atoms with Gasteiger partial charge in [-0.25, -0.2) is 0 Å². The molecule has 0 spiro atoms. The summed E-state index contributed by atoms with van der Waals surface area (Å²) in [7, 11) is -3.49. The average Bonchev–Trinajstić information content (AvgIpc) is 1.67. The Morgan fingerprint density at radius 3 is 2.62 bits per heavy atom. The smallest absolute Gasteiger partial charge is 0.300 e. The Hall–Kier alpha value is -0.580. The van der Waals surface area contributed by atoms with E-state index in [9.17, 15) is 4.57 Å². The van der Waals surface area contributed by atoms with Crippen LogP contribution in [0, 0.1) is 11.1 Å². The summed E-state index contributed by atoms with van der Waals surface area (Å²) in [5.41, 5.74) is 0. The molecule has 0 aliphatic carbocycles. The molecule has 0 aromatic heterocycles. The molecule has 0 saturated carbocycles. The maximum absolute atomic E-state index is 10.3. The normalized spacial score (nSPS) is 16.0. The van der Waals surface area contributed by atoms with Crippen molar-refractivity contribution < 1.29 is 9.46 Å². The largest absolute Gasteiger partial charge is 0.334 e. The first-order valence-corrected chi connectivity index (χ1v) is 3.81. The van der Waals surface area contributed by atoms with Crippen LogP contribution in [0.15, 0.2) is 12.7 Å². The molecule has 0 aromatic carbocycles. The highest BCUT2D eigenvalue weighted by atomic mass is 31.2. The standard InChI is InChI=1S/C4H6NO2P/c1-2-3-8(6,7)4-5/h2H,1,3H2,(H,6,7). The molecule has 8 heavy (non-hydrogen) atoms. The van der Waals surface area contributed by atoms with Gasteiger partial charge in [0.25, 0.3) is 0 Å². The third-order valence-electron chi connectivity index (χ3n) is 0.533. The van der Waals surface area contributed by atoms with E-state index in [-0.39, 0.29) is 6.16 Å². The third-order valence-corrected chi connectivity index (χ3v) is 1.60. The zero-order valence-electron chi connectivity index (χ0n) is 4.24. The molecule has 0 bridgehead atoms. The summed E-state index contributed by atoms with van der Waals surface area (Å²) in [5.74, 6) is 1.28. The van der Waals surface area contributed by atoms with E-state index in [2.05, 4.69) is 6.58 Å². The molecule has 0 amide bonds. The fourth-order valence-corrected chi connectivity index (χ4v) is 0.647. The Morgan fingerprint density at radius 1 is 2.00 bits per heavy atom. The second-order valence-electron chi connectivity index (χ2n) is 1.27. The van der Waals surface area contributed by atoms with E-state index in [4.69, 9.17) is 10.2 Å². The van der Waals surface area contributed by atoms with Gasteiger partial charge in [-0.05, 0) is 0 Å². The van der Waals surface area contributed by atoms with Crippen molar-refractivity contribution in [3.05, 3.63) is 12.7 Å². The van der Waals surface area contributed by atoms with E-state index in [1.54, 1.807) is 0 Å². The molecule has 1 N–H and O–H groups in total. The van der Waals surface area contributed by atoms with Gasteiger partial charge in [0.1, 0.15) is 0 Å². The summed E-state index contributed by atoms with van der Waals surface area (Å²) in [5, 5.41) is 7.91. The lowest BCUT2D eigenvalue weighted by Gasteiger charge is -1.92. The number of allylic oxidation sites excluding steroid dienone is 1. The highest BCUT2D eigenvalue weighted by Gasteiger charge is 2.12. The molecule has 0 saturated heterocycles. The second kappa shape index (κ2) is 2.66. The maximum Gasteiger partial charge on any atom is 0.300 e. The third kappa shape index (κ3) is 2.57. The van der Waals surface area contributed by atoms with Gasteiger partial charge in [0.2, 0.25) is 0 Å². The molecular weight excluding hydrogens is 125 g/mol. The van der Waals surface area contributed by atoms with Crippen molar-refractivity contribution in [2.24, 2.45) is 0 Å². The number of rotatable bonds is 2. The van der Waals surface area contributed by atoms with Crippen LogP contribution in [0.2, 0.25) is 0 Å². The predicted molar refractivity (Wildman–Crippen MR) is 30.5 cm³/mol. The highest BCUT2D eigenvalue weighted by Crippen LogP contribution is 2.37. The van der Waals surface area contributed by atoms with Crippen LogP contribution >= 0.6 is 7.37 Å². The van der Waals surface area contributed by atoms with Crippen LogP contribution in [0.5, 0.6) is 0 Å². The van der Waals surface area contributed by atoms with Crippen LogP contribution in [0.1, 0.15) is 0 Å². The first-order valence-electron chi connectivity index (χ1n) is 1.96. The molecule has 0 aliphatic heterocycles. The summed E-state index contributed by atoms with van der Waals surface area (Å²) in [6.07, 6.45) is 1.13. The zero-order chi connectivity index (χ0) is 6.62. The number of hydrogen-bond donors (Lipinski definition) is 1. The number of nitrogens with zero attached hydrogens (tertiary/aromatic N) is 1. The zero-order valence-corrected chi connectivity index (χ0v) is 5.14. The van der Waals surface area contributed by atoms with Crippen molar-refractivity contribution in [2.75, 3.05) is 6.16 Å². The first-order chi connectivity index (χ1) is 3.62. The minimum Gasteiger partial charge on any atom is -0.334 e. The van der Waals surface area contributed by atoms with E-state index in [0.29, 0.717) is 0 Å². The number of hydrogen-bond acceptors (Lipinski definition) is 2. The van der Waals surface area contributed by atoms with Crippen molar-refractivity contribution in [1.82, 2.24) is 0 Å². The molecule has 0 aliphatic rings. The molecule has 0 rings (SSSR count). The lowest BCUT2D eigenvalue weighted by molar-refractivity contribution is 0.493. The van der Waals surface area contributed by atoms with Crippen LogP contribution in [-0.4, -0.2) is 11.1 Å². The fraction of sp³-hybridized carbons (Fsp3) is 0.250. The second-order valence-corrected chi connectivity index (χ2v) is 3.24. The molecule has 0 heterocycles. The van der Waals surface area contributed by atoms with Crippen LogP contribution in [0.4, 0.5) is 0 Å². The van der Waals surface area contributed by atoms with E-state index >= 15 is 0 Å². The van der Waals surface area contributed by atoms with Gasteiger partial charge in [-0.1, -0.05) is 6.08 Å². The fourth-order valence-electron chi connectivity index (χ4n) is 0.216. The van der Waals surface area contributed by atoms with Crippen molar-refractivity contribution in [2.45, 2.75) is 0 Å². The van der Waals surface area contributed by atoms with Gasteiger partial charge in [0, 0.05) is 0 Å². The lowest BCUT2D eigenvalue weighted by Crippen LogP contribution is -1.77. The van der Waals surface area contributed by atoms with Crippen LogP contribution in [0.25, 0.3) is 0 Å². The van der Waals surface area contributed by atoms with Gasteiger partial charge in [0.15, 0.2) is 5.81 Å². The number of nitriles is 1. The van der Waals surface area contributed by atoms with Gasteiger partial charge in [-0.3, -0.25) is 4.57 Å². The molecular formula is C4H6NO2P. The minimum atomic E-state index is -3.49. The molecule has 1 unspecified atom stereocenters. The summed E-state index contributed by atoms with van der Waals surface area (Å²) in [6.45, 7) is 3.21. The van der Waals surface area contributed by atoms with Gasteiger partial charge in [0.05, 0.1) is 6.16 Å². The summed E-state index contributed by atoms with van der Waals surface area (Å²) in [6, 6.07) is 0. The van der Waals surface area contributed by atoms with E-state index in [1.807, 2.05) is 0 Å². The van der Waals surface area contributed by atoms with Gasteiger partial charge in [-0.2, -0.15) is 5.26 Å². The Morgan fingerprint density at radius 2 is 2.50 bits per heavy atom. The Balaban J connectivity index is 3.98. The maximum atomic E-state index is 10.3. The van der Waals surface area contributed by atoms with Crippen LogP contribution in [-0.2, 0) is 4.57 Å². The topological polar surface area (TPSA) is 61.1 Å². The Labute approximate surface area is 47.7 Å². The molecule has 0 aromatic rings. The SMILES string of the molecule is C=CCP(=O)(O)C#N.